The van der Waals surface area contributed by atoms with Crippen LogP contribution in [0.5, 0.6) is 0 Å². The molecule has 1 aliphatic carbocycles. The number of thiophene rings is 1. The van der Waals surface area contributed by atoms with Crippen LogP contribution in [0.2, 0.25) is 0 Å². The lowest BCUT2D eigenvalue weighted by Gasteiger charge is -2.27. The standard InChI is InChI=1S/C16H23N3OS/c1-3-8-17-13-6-4-12(5-7-13)16-18-15(19-20-16)14-10-21-9-11(14)2/h9-10,12-13,17H,3-8H2,1-2H3. The number of rotatable bonds is 5. The van der Waals surface area contributed by atoms with Crippen LogP contribution in [0.3, 0.4) is 0 Å². The third-order valence-electron chi connectivity index (χ3n) is 4.30. The first-order chi connectivity index (χ1) is 10.3. The van der Waals surface area contributed by atoms with Crippen molar-refractivity contribution >= 4 is 11.3 Å². The number of hydrogen-bond acceptors (Lipinski definition) is 5. The van der Waals surface area contributed by atoms with E-state index in [1.54, 1.807) is 11.3 Å². The molecule has 2 aromatic rings. The normalized spacial score (nSPS) is 22.6. The molecule has 3 rings (SSSR count). The Morgan fingerprint density at radius 2 is 2.10 bits per heavy atom. The molecule has 0 saturated heterocycles. The Bertz CT molecular complexity index is 570. The maximum Gasteiger partial charge on any atom is 0.230 e. The van der Waals surface area contributed by atoms with Crippen LogP contribution in [0.15, 0.2) is 15.3 Å². The van der Waals surface area contributed by atoms with Gasteiger partial charge in [0.2, 0.25) is 11.7 Å². The van der Waals surface area contributed by atoms with Crippen molar-refractivity contribution in [3.05, 3.63) is 22.2 Å². The maximum atomic E-state index is 5.52. The summed E-state index contributed by atoms with van der Waals surface area (Å²) in [6, 6.07) is 0.669. The number of hydrogen-bond donors (Lipinski definition) is 1. The molecule has 1 fully saturated rings. The number of nitrogens with zero attached hydrogens (tertiary/aromatic N) is 2. The van der Waals surface area contributed by atoms with Crippen LogP contribution in [0.4, 0.5) is 0 Å². The van der Waals surface area contributed by atoms with E-state index in [1.165, 1.54) is 24.8 Å². The molecule has 1 saturated carbocycles. The first-order valence-corrected chi connectivity index (χ1v) is 8.82. The predicted octanol–water partition coefficient (Wildman–Crippen LogP) is 4.13. The van der Waals surface area contributed by atoms with E-state index >= 15 is 0 Å². The average Bonchev–Trinajstić information content (AvgIpc) is 3.14. The highest BCUT2D eigenvalue weighted by Crippen LogP contribution is 2.33. The zero-order chi connectivity index (χ0) is 14.7. The molecule has 4 nitrogen and oxygen atoms in total. The number of aromatic nitrogens is 2. The summed E-state index contributed by atoms with van der Waals surface area (Å²) in [5, 5.41) is 12.0. The fourth-order valence-corrected chi connectivity index (χ4v) is 3.82. The molecule has 0 atom stereocenters. The van der Waals surface area contributed by atoms with Gasteiger partial charge in [-0.2, -0.15) is 16.3 Å². The van der Waals surface area contributed by atoms with Crippen molar-refractivity contribution in [3.63, 3.8) is 0 Å². The van der Waals surface area contributed by atoms with Crippen molar-refractivity contribution in [1.82, 2.24) is 15.5 Å². The Hall–Kier alpha value is -1.20. The molecule has 1 aliphatic rings. The summed E-state index contributed by atoms with van der Waals surface area (Å²) < 4.78 is 5.52. The van der Waals surface area contributed by atoms with Crippen LogP contribution in [0, 0.1) is 6.92 Å². The molecular weight excluding hydrogens is 282 g/mol. The first-order valence-electron chi connectivity index (χ1n) is 7.88. The maximum absolute atomic E-state index is 5.52. The Morgan fingerprint density at radius 1 is 1.29 bits per heavy atom. The molecule has 2 aromatic heterocycles. The smallest absolute Gasteiger partial charge is 0.230 e. The average molecular weight is 305 g/mol. The fourth-order valence-electron chi connectivity index (χ4n) is 2.99. The van der Waals surface area contributed by atoms with E-state index in [-0.39, 0.29) is 0 Å². The zero-order valence-electron chi connectivity index (χ0n) is 12.8. The van der Waals surface area contributed by atoms with E-state index in [1.807, 2.05) is 0 Å². The highest BCUT2D eigenvalue weighted by molar-refractivity contribution is 7.08. The van der Waals surface area contributed by atoms with Crippen molar-refractivity contribution in [2.45, 2.75) is 57.9 Å². The second-order valence-corrected chi connectivity index (χ2v) is 6.67. The summed E-state index contributed by atoms with van der Waals surface area (Å²) in [4.78, 5) is 4.63. The van der Waals surface area contributed by atoms with Crippen LogP contribution in [-0.4, -0.2) is 22.7 Å². The van der Waals surface area contributed by atoms with Gasteiger partial charge < -0.3 is 9.84 Å². The molecule has 114 valence electrons. The Labute approximate surface area is 130 Å². The molecule has 0 bridgehead atoms. The molecule has 0 aromatic carbocycles. The van der Waals surface area contributed by atoms with E-state index in [0.29, 0.717) is 12.0 Å². The van der Waals surface area contributed by atoms with Gasteiger partial charge in [0.25, 0.3) is 0 Å². The second kappa shape index (κ2) is 6.71. The van der Waals surface area contributed by atoms with Crippen molar-refractivity contribution in [2.75, 3.05) is 6.54 Å². The summed E-state index contributed by atoms with van der Waals surface area (Å²) >= 11 is 1.68. The Balaban J connectivity index is 1.62. The van der Waals surface area contributed by atoms with Gasteiger partial charge in [0, 0.05) is 22.9 Å². The van der Waals surface area contributed by atoms with Gasteiger partial charge in [0.1, 0.15) is 0 Å². The molecule has 0 unspecified atom stereocenters. The minimum atomic E-state index is 0.435. The molecule has 2 heterocycles. The SMILES string of the molecule is CCCNC1CCC(c2nc(-c3cscc3C)no2)CC1. The summed E-state index contributed by atoms with van der Waals surface area (Å²) in [6.45, 7) is 5.43. The summed E-state index contributed by atoms with van der Waals surface area (Å²) in [5.74, 6) is 2.00. The monoisotopic (exact) mass is 305 g/mol. The molecule has 5 heteroatoms. The van der Waals surface area contributed by atoms with Crippen molar-refractivity contribution in [1.29, 1.82) is 0 Å². The van der Waals surface area contributed by atoms with E-state index < -0.39 is 0 Å². The molecule has 0 aliphatic heterocycles. The second-order valence-electron chi connectivity index (χ2n) is 5.93. The molecule has 0 spiro atoms. The summed E-state index contributed by atoms with van der Waals surface area (Å²) in [6.07, 6.45) is 5.91. The summed E-state index contributed by atoms with van der Waals surface area (Å²) in [7, 11) is 0. The van der Waals surface area contributed by atoms with E-state index in [4.69, 9.17) is 4.52 Å². The lowest BCUT2D eigenvalue weighted by atomic mass is 9.86. The van der Waals surface area contributed by atoms with Crippen LogP contribution in [0.25, 0.3) is 11.4 Å². The first kappa shape index (κ1) is 14.7. The minimum Gasteiger partial charge on any atom is -0.339 e. The van der Waals surface area contributed by atoms with E-state index in [2.05, 4.69) is 40.1 Å². The van der Waals surface area contributed by atoms with E-state index in [0.717, 1.165) is 36.7 Å². The Kier molecular flexibility index (Phi) is 4.70. The lowest BCUT2D eigenvalue weighted by molar-refractivity contribution is 0.283. The van der Waals surface area contributed by atoms with Gasteiger partial charge in [-0.25, -0.2) is 0 Å². The van der Waals surface area contributed by atoms with Crippen LogP contribution < -0.4 is 5.32 Å². The minimum absolute atomic E-state index is 0.435. The Morgan fingerprint density at radius 3 is 2.76 bits per heavy atom. The van der Waals surface area contributed by atoms with Gasteiger partial charge in [-0.1, -0.05) is 12.1 Å². The lowest BCUT2D eigenvalue weighted by Crippen LogP contribution is -2.33. The van der Waals surface area contributed by atoms with E-state index in [9.17, 15) is 0 Å². The predicted molar refractivity (Wildman–Crippen MR) is 85.6 cm³/mol. The topological polar surface area (TPSA) is 51.0 Å². The van der Waals surface area contributed by atoms with Gasteiger partial charge in [-0.3, -0.25) is 0 Å². The third kappa shape index (κ3) is 3.35. The molecule has 0 radical (unpaired) electrons. The quantitative estimate of drug-likeness (QED) is 0.902. The number of aryl methyl sites for hydroxylation is 1. The summed E-state index contributed by atoms with van der Waals surface area (Å²) in [5.41, 5.74) is 2.33. The molecule has 1 N–H and O–H groups in total. The van der Waals surface area contributed by atoms with Crippen molar-refractivity contribution in [2.24, 2.45) is 0 Å². The zero-order valence-corrected chi connectivity index (χ0v) is 13.6. The van der Waals surface area contributed by atoms with Gasteiger partial charge >= 0.3 is 0 Å². The van der Waals surface area contributed by atoms with Gasteiger partial charge in [-0.15, -0.1) is 0 Å². The fraction of sp³-hybridized carbons (Fsp3) is 0.625. The van der Waals surface area contributed by atoms with Crippen LogP contribution in [-0.2, 0) is 0 Å². The third-order valence-corrected chi connectivity index (χ3v) is 5.16. The highest BCUT2D eigenvalue weighted by Gasteiger charge is 2.26. The molecule has 21 heavy (non-hydrogen) atoms. The highest BCUT2D eigenvalue weighted by atomic mass is 32.1. The van der Waals surface area contributed by atoms with Crippen molar-refractivity contribution in [3.8, 4) is 11.4 Å². The van der Waals surface area contributed by atoms with Crippen molar-refractivity contribution < 1.29 is 4.52 Å². The largest absolute Gasteiger partial charge is 0.339 e. The molecule has 0 amide bonds. The van der Waals surface area contributed by atoms with Gasteiger partial charge in [-0.05, 0) is 56.5 Å². The number of nitrogens with one attached hydrogen (secondary N) is 1. The van der Waals surface area contributed by atoms with Gasteiger partial charge in [0.05, 0.1) is 0 Å². The van der Waals surface area contributed by atoms with Crippen LogP contribution in [0.1, 0.15) is 56.4 Å². The van der Waals surface area contributed by atoms with Gasteiger partial charge in [0.15, 0.2) is 0 Å². The molecular formula is C16H23N3OS. The van der Waals surface area contributed by atoms with Crippen LogP contribution >= 0.6 is 11.3 Å².